The second-order valence-electron chi connectivity index (χ2n) is 5.34. The first-order valence-corrected chi connectivity index (χ1v) is 7.25. The van der Waals surface area contributed by atoms with Crippen molar-refractivity contribution >= 4 is 27.7 Å². The molecule has 0 aliphatic rings. The van der Waals surface area contributed by atoms with Gasteiger partial charge in [0.2, 0.25) is 0 Å². The van der Waals surface area contributed by atoms with Crippen LogP contribution in [0.4, 0.5) is 0 Å². The van der Waals surface area contributed by atoms with Crippen LogP contribution in [0, 0.1) is 0 Å². The first-order chi connectivity index (χ1) is 8.89. The summed E-state index contributed by atoms with van der Waals surface area (Å²) in [4.78, 5) is 12.2. The molecule has 2 aromatic rings. The van der Waals surface area contributed by atoms with Crippen molar-refractivity contribution in [2.75, 3.05) is 0 Å². The Morgan fingerprint density at radius 2 is 1.68 bits per heavy atom. The third kappa shape index (κ3) is 3.01. The Morgan fingerprint density at radius 1 is 1.05 bits per heavy atom. The van der Waals surface area contributed by atoms with Crippen LogP contribution in [0.15, 0.2) is 42.5 Å². The number of benzene rings is 2. The first kappa shape index (κ1) is 13.7. The fraction of sp³-hybridized carbons (Fsp3) is 0.267. The smallest absolute Gasteiger partial charge is 0.263 e. The van der Waals surface area contributed by atoms with E-state index in [1.54, 1.807) is 6.07 Å². The SMILES string of the molecule is CC(C)(C)S(=O)NC(=O)c1cccc2ccccc12. The van der Waals surface area contributed by atoms with Gasteiger partial charge in [0.1, 0.15) is 11.0 Å². The van der Waals surface area contributed by atoms with Crippen LogP contribution in [0.3, 0.4) is 0 Å². The quantitative estimate of drug-likeness (QED) is 0.915. The van der Waals surface area contributed by atoms with Gasteiger partial charge in [0.05, 0.1) is 4.75 Å². The fourth-order valence-electron chi connectivity index (χ4n) is 1.72. The molecular weight excluding hydrogens is 258 g/mol. The summed E-state index contributed by atoms with van der Waals surface area (Å²) >= 11 is 0. The molecule has 1 unspecified atom stereocenters. The lowest BCUT2D eigenvalue weighted by Gasteiger charge is -2.18. The highest BCUT2D eigenvalue weighted by atomic mass is 32.2. The van der Waals surface area contributed by atoms with Gasteiger partial charge in [-0.25, -0.2) is 4.21 Å². The number of hydrogen-bond acceptors (Lipinski definition) is 2. The lowest BCUT2D eigenvalue weighted by atomic mass is 10.0. The Balaban J connectivity index is 2.35. The second kappa shape index (κ2) is 5.13. The van der Waals surface area contributed by atoms with Crippen LogP contribution in [-0.4, -0.2) is 14.9 Å². The Morgan fingerprint density at radius 3 is 2.37 bits per heavy atom. The highest BCUT2D eigenvalue weighted by Crippen LogP contribution is 2.19. The molecule has 0 saturated carbocycles. The molecule has 0 spiro atoms. The van der Waals surface area contributed by atoms with Crippen LogP contribution in [0.5, 0.6) is 0 Å². The summed E-state index contributed by atoms with van der Waals surface area (Å²) in [5.41, 5.74) is 0.552. The van der Waals surface area contributed by atoms with Gasteiger partial charge in [-0.2, -0.15) is 0 Å². The van der Waals surface area contributed by atoms with Crippen molar-refractivity contribution in [1.82, 2.24) is 4.72 Å². The van der Waals surface area contributed by atoms with Gasteiger partial charge < -0.3 is 0 Å². The minimum absolute atomic E-state index is 0.301. The van der Waals surface area contributed by atoms with Gasteiger partial charge in [-0.15, -0.1) is 0 Å². The van der Waals surface area contributed by atoms with Gasteiger partial charge >= 0.3 is 0 Å². The van der Waals surface area contributed by atoms with Crippen LogP contribution in [-0.2, 0) is 11.0 Å². The van der Waals surface area contributed by atoms with Gasteiger partial charge in [0.25, 0.3) is 5.91 Å². The highest BCUT2D eigenvalue weighted by Gasteiger charge is 2.22. The minimum Gasteiger partial charge on any atom is -0.271 e. The molecule has 0 bridgehead atoms. The molecule has 0 fully saturated rings. The van der Waals surface area contributed by atoms with E-state index in [0.29, 0.717) is 5.56 Å². The number of amides is 1. The minimum atomic E-state index is -1.41. The molecule has 3 nitrogen and oxygen atoms in total. The Kier molecular flexibility index (Phi) is 3.71. The van der Waals surface area contributed by atoms with E-state index < -0.39 is 15.7 Å². The number of carbonyl (C=O) groups excluding carboxylic acids is 1. The van der Waals surface area contributed by atoms with Crippen LogP contribution < -0.4 is 4.72 Å². The van der Waals surface area contributed by atoms with Crippen molar-refractivity contribution in [1.29, 1.82) is 0 Å². The summed E-state index contributed by atoms with van der Waals surface area (Å²) in [5, 5.41) is 1.87. The summed E-state index contributed by atoms with van der Waals surface area (Å²) in [6, 6.07) is 13.2. The van der Waals surface area contributed by atoms with Gasteiger partial charge in [-0.3, -0.25) is 9.52 Å². The van der Waals surface area contributed by atoms with Crippen molar-refractivity contribution in [3.8, 4) is 0 Å². The fourth-order valence-corrected chi connectivity index (χ4v) is 2.30. The van der Waals surface area contributed by atoms with Gasteiger partial charge in [0, 0.05) is 5.56 Å². The number of rotatable bonds is 2. The molecule has 1 amide bonds. The topological polar surface area (TPSA) is 46.2 Å². The molecule has 0 radical (unpaired) electrons. The van der Waals surface area contributed by atoms with Crippen LogP contribution in [0.25, 0.3) is 10.8 Å². The lowest BCUT2D eigenvalue weighted by molar-refractivity contribution is 0.0984. The zero-order valence-electron chi connectivity index (χ0n) is 11.3. The first-order valence-electron chi connectivity index (χ1n) is 6.10. The van der Waals surface area contributed by atoms with Gasteiger partial charge in [-0.05, 0) is 37.6 Å². The van der Waals surface area contributed by atoms with E-state index in [1.165, 1.54) is 0 Å². The van der Waals surface area contributed by atoms with Crippen molar-refractivity contribution in [2.24, 2.45) is 0 Å². The third-order valence-electron chi connectivity index (χ3n) is 2.78. The predicted molar refractivity (Wildman–Crippen MR) is 79.3 cm³/mol. The molecule has 0 aliphatic carbocycles. The van der Waals surface area contributed by atoms with Crippen LogP contribution in [0.2, 0.25) is 0 Å². The zero-order valence-corrected chi connectivity index (χ0v) is 12.1. The number of nitrogens with one attached hydrogen (secondary N) is 1. The van der Waals surface area contributed by atoms with Crippen molar-refractivity contribution in [3.05, 3.63) is 48.0 Å². The highest BCUT2D eigenvalue weighted by molar-refractivity contribution is 7.85. The summed E-state index contributed by atoms with van der Waals surface area (Å²) in [6.45, 7) is 5.48. The van der Waals surface area contributed by atoms with E-state index in [4.69, 9.17) is 0 Å². The van der Waals surface area contributed by atoms with Crippen molar-refractivity contribution < 1.29 is 9.00 Å². The molecule has 2 rings (SSSR count). The maximum Gasteiger partial charge on any atom is 0.263 e. The number of carbonyl (C=O) groups is 1. The molecule has 2 aromatic carbocycles. The molecular formula is C15H17NO2S. The summed E-state index contributed by atoms with van der Waals surface area (Å²) in [5.74, 6) is -0.301. The third-order valence-corrected chi connectivity index (χ3v) is 4.26. The molecule has 100 valence electrons. The Labute approximate surface area is 115 Å². The molecule has 4 heteroatoms. The molecule has 0 aliphatic heterocycles. The number of fused-ring (bicyclic) bond motifs is 1. The Bertz CT molecular complexity index is 639. The van der Waals surface area contributed by atoms with E-state index in [-0.39, 0.29) is 5.91 Å². The summed E-state index contributed by atoms with van der Waals surface area (Å²) in [7, 11) is -1.41. The maximum absolute atomic E-state index is 12.2. The van der Waals surface area contributed by atoms with E-state index in [0.717, 1.165) is 10.8 Å². The monoisotopic (exact) mass is 275 g/mol. The average molecular weight is 275 g/mol. The van der Waals surface area contributed by atoms with Crippen LogP contribution in [0.1, 0.15) is 31.1 Å². The van der Waals surface area contributed by atoms with E-state index in [9.17, 15) is 9.00 Å². The molecule has 0 saturated heterocycles. The van der Waals surface area contributed by atoms with Crippen molar-refractivity contribution in [3.63, 3.8) is 0 Å². The summed E-state index contributed by atoms with van der Waals surface area (Å²) in [6.07, 6.45) is 0. The number of hydrogen-bond donors (Lipinski definition) is 1. The second-order valence-corrected chi connectivity index (χ2v) is 7.31. The van der Waals surface area contributed by atoms with E-state index in [1.807, 2.05) is 57.2 Å². The van der Waals surface area contributed by atoms with E-state index in [2.05, 4.69) is 4.72 Å². The van der Waals surface area contributed by atoms with E-state index >= 15 is 0 Å². The molecule has 1 atom stereocenters. The lowest BCUT2D eigenvalue weighted by Crippen LogP contribution is -2.37. The normalized spacial score (nSPS) is 13.2. The molecule has 0 heterocycles. The van der Waals surface area contributed by atoms with Crippen LogP contribution >= 0.6 is 0 Å². The summed E-state index contributed by atoms with van der Waals surface area (Å²) < 4.78 is 14.1. The molecule has 19 heavy (non-hydrogen) atoms. The van der Waals surface area contributed by atoms with Crippen molar-refractivity contribution in [2.45, 2.75) is 25.5 Å². The maximum atomic E-state index is 12.2. The standard InChI is InChI=1S/C15H17NO2S/c1-15(2,3)19(18)16-14(17)13-10-6-8-11-7-4-5-9-12(11)13/h4-10H,1-3H3,(H,16,17). The average Bonchev–Trinajstić information content (AvgIpc) is 2.36. The largest absolute Gasteiger partial charge is 0.271 e. The van der Waals surface area contributed by atoms with Gasteiger partial charge in [-0.1, -0.05) is 36.4 Å². The zero-order chi connectivity index (χ0) is 14.0. The molecule has 0 aromatic heterocycles. The predicted octanol–water partition coefficient (Wildman–Crippen LogP) is 3.03. The van der Waals surface area contributed by atoms with Gasteiger partial charge in [0.15, 0.2) is 0 Å². The Hall–Kier alpha value is -1.68. The molecule has 1 N–H and O–H groups in total.